The number of carbonyl (C=O) groups excluding carboxylic acids is 1. The van der Waals surface area contributed by atoms with Crippen molar-refractivity contribution < 1.29 is 9.53 Å². The van der Waals surface area contributed by atoms with Crippen LogP contribution in [0.1, 0.15) is 31.5 Å². The van der Waals surface area contributed by atoms with Crippen LogP contribution >= 0.6 is 0 Å². The Balaban J connectivity index is 1.70. The van der Waals surface area contributed by atoms with E-state index in [4.69, 9.17) is 4.74 Å². The van der Waals surface area contributed by atoms with Crippen molar-refractivity contribution in [1.82, 2.24) is 15.6 Å². The molecule has 1 aliphatic heterocycles. The lowest BCUT2D eigenvalue weighted by Crippen LogP contribution is -2.43. The van der Waals surface area contributed by atoms with Gasteiger partial charge in [0.25, 0.3) is 0 Å². The zero-order valence-electron chi connectivity index (χ0n) is 13.2. The summed E-state index contributed by atoms with van der Waals surface area (Å²) in [4.78, 5) is 15.9. The van der Waals surface area contributed by atoms with Gasteiger partial charge in [-0.3, -0.25) is 4.79 Å². The number of rotatable bonds is 4. The molecule has 1 amide bonds. The zero-order chi connectivity index (χ0) is 16.1. The van der Waals surface area contributed by atoms with Gasteiger partial charge in [-0.2, -0.15) is 0 Å². The first-order valence-corrected chi connectivity index (χ1v) is 7.91. The van der Waals surface area contributed by atoms with Gasteiger partial charge in [0.15, 0.2) is 0 Å². The molecule has 23 heavy (non-hydrogen) atoms. The largest absolute Gasteiger partial charge is 0.439 e. The Labute approximate surface area is 136 Å². The number of pyridine rings is 1. The van der Waals surface area contributed by atoms with Crippen LogP contribution < -0.4 is 15.4 Å². The van der Waals surface area contributed by atoms with Crippen molar-refractivity contribution in [3.63, 3.8) is 0 Å². The van der Waals surface area contributed by atoms with Crippen LogP contribution in [-0.4, -0.2) is 23.5 Å². The highest BCUT2D eigenvalue weighted by Crippen LogP contribution is 2.25. The van der Waals surface area contributed by atoms with E-state index in [2.05, 4.69) is 15.6 Å². The molecule has 1 fully saturated rings. The second kappa shape index (κ2) is 7.24. The molecule has 0 radical (unpaired) electrons. The second-order valence-corrected chi connectivity index (χ2v) is 5.74. The fraction of sp³-hybridized carbons (Fsp3) is 0.333. The number of amides is 1. The maximum absolute atomic E-state index is 11.2. The number of benzene rings is 1. The van der Waals surface area contributed by atoms with Gasteiger partial charge < -0.3 is 15.4 Å². The van der Waals surface area contributed by atoms with E-state index in [0.29, 0.717) is 5.88 Å². The third-order valence-electron chi connectivity index (χ3n) is 3.88. The minimum absolute atomic E-state index is 0.0183. The van der Waals surface area contributed by atoms with Crippen LogP contribution in [0.25, 0.3) is 0 Å². The molecule has 0 saturated carbocycles. The van der Waals surface area contributed by atoms with E-state index in [1.807, 2.05) is 48.5 Å². The van der Waals surface area contributed by atoms with Crippen LogP contribution in [0, 0.1) is 0 Å². The number of aromatic nitrogens is 1. The van der Waals surface area contributed by atoms with Crippen LogP contribution in [-0.2, 0) is 4.79 Å². The Morgan fingerprint density at radius 1 is 1.22 bits per heavy atom. The summed E-state index contributed by atoms with van der Waals surface area (Å²) in [7, 11) is 0. The average Bonchev–Trinajstić information content (AvgIpc) is 2.56. The van der Waals surface area contributed by atoms with Crippen LogP contribution in [0.5, 0.6) is 11.6 Å². The van der Waals surface area contributed by atoms with E-state index < -0.39 is 0 Å². The monoisotopic (exact) mass is 311 g/mol. The fourth-order valence-corrected chi connectivity index (χ4v) is 2.85. The number of hydrogen-bond acceptors (Lipinski definition) is 4. The lowest BCUT2D eigenvalue weighted by atomic mass is 9.96. The summed E-state index contributed by atoms with van der Waals surface area (Å²) in [6.45, 7) is 2.42. The molecule has 0 aliphatic carbocycles. The lowest BCUT2D eigenvalue weighted by molar-refractivity contribution is -0.119. The Kier molecular flexibility index (Phi) is 4.88. The van der Waals surface area contributed by atoms with Crippen molar-refractivity contribution >= 4 is 5.91 Å². The molecule has 1 aromatic heterocycles. The van der Waals surface area contributed by atoms with E-state index in [-0.39, 0.29) is 18.0 Å². The topological polar surface area (TPSA) is 63.2 Å². The molecule has 1 aliphatic rings. The Bertz CT molecular complexity index is 660. The molecule has 120 valence electrons. The number of piperidine rings is 1. The standard InChI is InChI=1S/C18H21N3O2/c1-13(22)20-14-10-11-19-17(12-14)16-8-5-9-18(21-16)23-15-6-3-2-4-7-15/h2-9,14,17,19H,10-12H2,1H3,(H,20,22). The molecule has 3 rings (SSSR count). The Morgan fingerprint density at radius 2 is 2.04 bits per heavy atom. The number of ether oxygens (including phenoxy) is 1. The van der Waals surface area contributed by atoms with Crippen molar-refractivity contribution in [1.29, 1.82) is 0 Å². The first-order chi connectivity index (χ1) is 11.2. The maximum Gasteiger partial charge on any atom is 0.219 e. The molecule has 1 saturated heterocycles. The average molecular weight is 311 g/mol. The van der Waals surface area contributed by atoms with Gasteiger partial charge in [0.2, 0.25) is 11.8 Å². The molecule has 5 nitrogen and oxygen atoms in total. The third-order valence-corrected chi connectivity index (χ3v) is 3.88. The number of nitrogens with one attached hydrogen (secondary N) is 2. The van der Waals surface area contributed by atoms with Gasteiger partial charge >= 0.3 is 0 Å². The Hall–Kier alpha value is -2.40. The summed E-state index contributed by atoms with van der Waals surface area (Å²) >= 11 is 0. The van der Waals surface area contributed by atoms with E-state index in [1.165, 1.54) is 0 Å². The highest BCUT2D eigenvalue weighted by atomic mass is 16.5. The second-order valence-electron chi connectivity index (χ2n) is 5.74. The molecule has 0 bridgehead atoms. The van der Waals surface area contributed by atoms with Crippen molar-refractivity contribution in [3.05, 3.63) is 54.2 Å². The summed E-state index contributed by atoms with van der Waals surface area (Å²) in [5.41, 5.74) is 0.938. The van der Waals surface area contributed by atoms with Gasteiger partial charge in [0.1, 0.15) is 5.75 Å². The lowest BCUT2D eigenvalue weighted by Gasteiger charge is -2.30. The van der Waals surface area contributed by atoms with Crippen molar-refractivity contribution in [3.8, 4) is 11.6 Å². The predicted molar refractivity (Wildman–Crippen MR) is 88.3 cm³/mol. The molecular formula is C18H21N3O2. The maximum atomic E-state index is 11.2. The van der Waals surface area contributed by atoms with Gasteiger partial charge in [0, 0.05) is 19.0 Å². The first-order valence-electron chi connectivity index (χ1n) is 7.91. The number of hydrogen-bond donors (Lipinski definition) is 2. The van der Waals surface area contributed by atoms with Crippen molar-refractivity contribution in [2.24, 2.45) is 0 Å². The van der Waals surface area contributed by atoms with E-state index in [0.717, 1.165) is 30.8 Å². The van der Waals surface area contributed by atoms with Crippen molar-refractivity contribution in [2.75, 3.05) is 6.54 Å². The smallest absolute Gasteiger partial charge is 0.219 e. The molecule has 2 atom stereocenters. The van der Waals surface area contributed by atoms with Gasteiger partial charge in [-0.15, -0.1) is 0 Å². The molecule has 1 aromatic carbocycles. The van der Waals surface area contributed by atoms with E-state index >= 15 is 0 Å². The minimum atomic E-state index is 0.0183. The van der Waals surface area contributed by atoms with Crippen LogP contribution in [0.15, 0.2) is 48.5 Å². The molecule has 0 spiro atoms. The van der Waals surface area contributed by atoms with Gasteiger partial charge in [0.05, 0.1) is 11.7 Å². The number of carbonyl (C=O) groups is 1. The van der Waals surface area contributed by atoms with Crippen LogP contribution in [0.2, 0.25) is 0 Å². The molecule has 5 heteroatoms. The predicted octanol–water partition coefficient (Wildman–Crippen LogP) is 2.80. The molecular weight excluding hydrogens is 290 g/mol. The van der Waals surface area contributed by atoms with Gasteiger partial charge in [-0.1, -0.05) is 24.3 Å². The summed E-state index contributed by atoms with van der Waals surface area (Å²) in [6, 6.07) is 15.7. The first kappa shape index (κ1) is 15.5. The summed E-state index contributed by atoms with van der Waals surface area (Å²) in [5, 5.41) is 6.46. The molecule has 2 N–H and O–H groups in total. The van der Waals surface area contributed by atoms with E-state index in [9.17, 15) is 4.79 Å². The summed E-state index contributed by atoms with van der Waals surface area (Å²) in [5.74, 6) is 1.37. The summed E-state index contributed by atoms with van der Waals surface area (Å²) in [6.07, 6.45) is 1.78. The van der Waals surface area contributed by atoms with Crippen LogP contribution in [0.4, 0.5) is 0 Å². The number of para-hydroxylation sites is 1. The van der Waals surface area contributed by atoms with Crippen LogP contribution in [0.3, 0.4) is 0 Å². The summed E-state index contributed by atoms with van der Waals surface area (Å²) < 4.78 is 5.79. The zero-order valence-corrected chi connectivity index (χ0v) is 13.2. The minimum Gasteiger partial charge on any atom is -0.439 e. The number of nitrogens with zero attached hydrogens (tertiary/aromatic N) is 1. The Morgan fingerprint density at radius 3 is 2.83 bits per heavy atom. The molecule has 2 unspecified atom stereocenters. The fourth-order valence-electron chi connectivity index (χ4n) is 2.85. The molecule has 2 aromatic rings. The van der Waals surface area contributed by atoms with Crippen molar-refractivity contribution in [2.45, 2.75) is 31.8 Å². The van der Waals surface area contributed by atoms with E-state index in [1.54, 1.807) is 6.92 Å². The normalized spacial score (nSPS) is 20.7. The molecule has 2 heterocycles. The third kappa shape index (κ3) is 4.29. The highest BCUT2D eigenvalue weighted by molar-refractivity contribution is 5.73. The highest BCUT2D eigenvalue weighted by Gasteiger charge is 2.24. The van der Waals surface area contributed by atoms with Gasteiger partial charge in [-0.05, 0) is 37.6 Å². The van der Waals surface area contributed by atoms with Gasteiger partial charge in [-0.25, -0.2) is 4.98 Å². The quantitative estimate of drug-likeness (QED) is 0.911. The SMILES string of the molecule is CC(=O)NC1CCNC(c2cccc(Oc3ccccc3)n2)C1.